The smallest absolute Gasteiger partial charge is 0.159 e. The molecule has 2 rings (SSSR count). The molecular formula is C15H16F2N2O. The number of rotatable bonds is 5. The Labute approximate surface area is 116 Å². The first-order chi connectivity index (χ1) is 9.60. The highest BCUT2D eigenvalue weighted by molar-refractivity contribution is 5.85. The number of hydrogen-bond acceptors (Lipinski definition) is 2. The fourth-order valence-corrected chi connectivity index (χ4v) is 2.21. The normalized spacial score (nSPS) is 11.1. The molecule has 5 heteroatoms. The number of hydrogen-bond donors (Lipinski definition) is 0. The number of carbonyl (C=O) groups is 1. The summed E-state index contributed by atoms with van der Waals surface area (Å²) >= 11 is 0. The molecule has 0 unspecified atom stereocenters. The van der Waals surface area contributed by atoms with Crippen LogP contribution in [0.4, 0.5) is 8.78 Å². The average Bonchev–Trinajstić information content (AvgIpc) is 2.87. The molecule has 20 heavy (non-hydrogen) atoms. The summed E-state index contributed by atoms with van der Waals surface area (Å²) in [4.78, 5) is 11.1. The number of halogens is 2. The van der Waals surface area contributed by atoms with E-state index in [1.807, 2.05) is 13.8 Å². The maximum atomic E-state index is 13.3. The van der Waals surface area contributed by atoms with Crippen LogP contribution in [0.25, 0.3) is 11.3 Å². The third-order valence-corrected chi connectivity index (χ3v) is 3.40. The Kier molecular flexibility index (Phi) is 4.27. The van der Waals surface area contributed by atoms with Crippen LogP contribution in [0.3, 0.4) is 0 Å². The zero-order valence-corrected chi connectivity index (χ0v) is 11.4. The summed E-state index contributed by atoms with van der Waals surface area (Å²) in [5, 5.41) is 4.36. The van der Waals surface area contributed by atoms with Crippen molar-refractivity contribution in [2.45, 2.75) is 32.7 Å². The zero-order valence-electron chi connectivity index (χ0n) is 11.4. The molecule has 0 aliphatic carbocycles. The first-order valence-electron chi connectivity index (χ1n) is 6.60. The van der Waals surface area contributed by atoms with Gasteiger partial charge in [0.25, 0.3) is 0 Å². The van der Waals surface area contributed by atoms with Crippen LogP contribution < -0.4 is 0 Å². The Hall–Kier alpha value is -2.04. The minimum atomic E-state index is -0.948. The van der Waals surface area contributed by atoms with Crippen molar-refractivity contribution in [3.05, 3.63) is 41.6 Å². The molecule has 0 bridgehead atoms. The van der Waals surface area contributed by atoms with Crippen LogP contribution in [0.2, 0.25) is 0 Å². The van der Waals surface area contributed by atoms with Crippen molar-refractivity contribution in [3.63, 3.8) is 0 Å². The lowest BCUT2D eigenvalue weighted by Gasteiger charge is -2.12. The van der Waals surface area contributed by atoms with E-state index in [0.29, 0.717) is 23.1 Å². The van der Waals surface area contributed by atoms with E-state index in [1.165, 1.54) is 6.07 Å². The summed E-state index contributed by atoms with van der Waals surface area (Å²) in [6.45, 7) is 4.07. The quantitative estimate of drug-likeness (QED) is 0.775. The van der Waals surface area contributed by atoms with Gasteiger partial charge in [0.1, 0.15) is 5.69 Å². The standard InChI is InChI=1S/C15H16F2N2O/c1-3-12(4-2)19-8-11(9-20)15(18-19)10-5-6-13(16)14(17)7-10/h5-9,12H,3-4H2,1-2H3. The predicted octanol–water partition coefficient (Wildman–Crippen LogP) is 4.00. The van der Waals surface area contributed by atoms with Crippen LogP contribution in [0.5, 0.6) is 0 Å². The summed E-state index contributed by atoms with van der Waals surface area (Å²) in [5.74, 6) is -1.86. The fourth-order valence-electron chi connectivity index (χ4n) is 2.21. The van der Waals surface area contributed by atoms with Crippen LogP contribution in [0.1, 0.15) is 43.1 Å². The second-order valence-corrected chi connectivity index (χ2v) is 4.63. The highest BCUT2D eigenvalue weighted by Gasteiger charge is 2.16. The lowest BCUT2D eigenvalue weighted by Crippen LogP contribution is -2.07. The molecule has 0 spiro atoms. The van der Waals surface area contributed by atoms with Crippen LogP contribution in [-0.2, 0) is 0 Å². The molecule has 0 fully saturated rings. The van der Waals surface area contributed by atoms with Crippen LogP contribution >= 0.6 is 0 Å². The van der Waals surface area contributed by atoms with E-state index in [-0.39, 0.29) is 6.04 Å². The summed E-state index contributed by atoms with van der Waals surface area (Å²) in [5.41, 5.74) is 1.16. The molecule has 106 valence electrons. The van der Waals surface area contributed by atoms with Gasteiger partial charge in [0, 0.05) is 11.8 Å². The molecule has 0 radical (unpaired) electrons. The van der Waals surface area contributed by atoms with Gasteiger partial charge in [-0.25, -0.2) is 8.78 Å². The van der Waals surface area contributed by atoms with Crippen molar-refractivity contribution < 1.29 is 13.6 Å². The monoisotopic (exact) mass is 278 g/mol. The van der Waals surface area contributed by atoms with Crippen molar-refractivity contribution in [3.8, 4) is 11.3 Å². The predicted molar refractivity (Wildman–Crippen MR) is 72.6 cm³/mol. The van der Waals surface area contributed by atoms with Crippen LogP contribution in [0.15, 0.2) is 24.4 Å². The van der Waals surface area contributed by atoms with Gasteiger partial charge >= 0.3 is 0 Å². The van der Waals surface area contributed by atoms with Crippen LogP contribution in [0, 0.1) is 11.6 Å². The highest BCUT2D eigenvalue weighted by Crippen LogP contribution is 2.25. The lowest BCUT2D eigenvalue weighted by atomic mass is 10.1. The van der Waals surface area contributed by atoms with E-state index in [0.717, 1.165) is 25.0 Å². The fraction of sp³-hybridized carbons (Fsp3) is 0.333. The van der Waals surface area contributed by atoms with Crippen molar-refractivity contribution in [2.24, 2.45) is 0 Å². The molecule has 0 saturated heterocycles. The Balaban J connectivity index is 2.49. The molecule has 3 nitrogen and oxygen atoms in total. The van der Waals surface area contributed by atoms with Crippen LogP contribution in [-0.4, -0.2) is 16.1 Å². The summed E-state index contributed by atoms with van der Waals surface area (Å²) < 4.78 is 28.0. The van der Waals surface area contributed by atoms with Crippen molar-refractivity contribution in [1.82, 2.24) is 9.78 Å². The SMILES string of the molecule is CCC(CC)n1cc(C=O)c(-c2ccc(F)c(F)c2)n1. The summed E-state index contributed by atoms with van der Waals surface area (Å²) in [6, 6.07) is 3.70. The number of aldehydes is 1. The molecule has 0 aliphatic rings. The molecule has 2 aromatic rings. The Morgan fingerprint density at radius 3 is 2.50 bits per heavy atom. The number of benzene rings is 1. The first kappa shape index (κ1) is 14.4. The summed E-state index contributed by atoms with van der Waals surface area (Å²) in [7, 11) is 0. The maximum absolute atomic E-state index is 13.3. The molecule has 1 aromatic carbocycles. The first-order valence-corrected chi connectivity index (χ1v) is 6.60. The molecule has 0 amide bonds. The largest absolute Gasteiger partial charge is 0.298 e. The Bertz CT molecular complexity index is 618. The number of nitrogens with zero attached hydrogens (tertiary/aromatic N) is 2. The lowest BCUT2D eigenvalue weighted by molar-refractivity contribution is 0.112. The highest BCUT2D eigenvalue weighted by atomic mass is 19.2. The van der Waals surface area contributed by atoms with Gasteiger partial charge in [-0.1, -0.05) is 13.8 Å². The van der Waals surface area contributed by atoms with E-state index in [4.69, 9.17) is 0 Å². The van der Waals surface area contributed by atoms with Gasteiger partial charge in [0.05, 0.1) is 11.6 Å². The van der Waals surface area contributed by atoms with E-state index < -0.39 is 11.6 Å². The van der Waals surface area contributed by atoms with Crippen molar-refractivity contribution in [2.75, 3.05) is 0 Å². The van der Waals surface area contributed by atoms with E-state index in [9.17, 15) is 13.6 Å². The van der Waals surface area contributed by atoms with Crippen molar-refractivity contribution >= 4 is 6.29 Å². The van der Waals surface area contributed by atoms with Gasteiger partial charge in [0.15, 0.2) is 17.9 Å². The number of carbonyl (C=O) groups excluding carboxylic acids is 1. The zero-order chi connectivity index (χ0) is 14.7. The minimum Gasteiger partial charge on any atom is -0.298 e. The second-order valence-electron chi connectivity index (χ2n) is 4.63. The van der Waals surface area contributed by atoms with E-state index in [2.05, 4.69) is 5.10 Å². The van der Waals surface area contributed by atoms with Gasteiger partial charge in [0.2, 0.25) is 0 Å². The van der Waals surface area contributed by atoms with E-state index in [1.54, 1.807) is 10.9 Å². The summed E-state index contributed by atoms with van der Waals surface area (Å²) in [6.07, 6.45) is 4.10. The average molecular weight is 278 g/mol. The van der Waals surface area contributed by atoms with Gasteiger partial charge in [-0.15, -0.1) is 0 Å². The van der Waals surface area contributed by atoms with Gasteiger partial charge < -0.3 is 0 Å². The molecule has 0 saturated carbocycles. The molecule has 0 aliphatic heterocycles. The molecule has 0 atom stereocenters. The number of aromatic nitrogens is 2. The Morgan fingerprint density at radius 2 is 1.95 bits per heavy atom. The molecule has 1 heterocycles. The third-order valence-electron chi connectivity index (χ3n) is 3.40. The van der Waals surface area contributed by atoms with Gasteiger partial charge in [-0.2, -0.15) is 5.10 Å². The molecule has 0 N–H and O–H groups in total. The third kappa shape index (κ3) is 2.61. The van der Waals surface area contributed by atoms with E-state index >= 15 is 0 Å². The van der Waals surface area contributed by atoms with Gasteiger partial charge in [-0.3, -0.25) is 9.48 Å². The topological polar surface area (TPSA) is 34.9 Å². The minimum absolute atomic E-state index is 0.188. The molecular weight excluding hydrogens is 262 g/mol. The maximum Gasteiger partial charge on any atom is 0.159 e. The van der Waals surface area contributed by atoms with Gasteiger partial charge in [-0.05, 0) is 31.0 Å². The Morgan fingerprint density at radius 1 is 1.25 bits per heavy atom. The molecule has 1 aromatic heterocycles. The second kappa shape index (κ2) is 5.94. The van der Waals surface area contributed by atoms with Crippen molar-refractivity contribution in [1.29, 1.82) is 0 Å².